The van der Waals surface area contributed by atoms with Crippen molar-refractivity contribution in [2.24, 2.45) is 0 Å². The summed E-state index contributed by atoms with van der Waals surface area (Å²) in [5.41, 5.74) is 6.07. The van der Waals surface area contributed by atoms with Crippen LogP contribution in [-0.4, -0.2) is 17.8 Å². The molecule has 0 spiro atoms. The van der Waals surface area contributed by atoms with Crippen LogP contribution >= 0.6 is 11.9 Å². The predicted molar refractivity (Wildman–Crippen MR) is 152 cm³/mol. The van der Waals surface area contributed by atoms with E-state index in [0.717, 1.165) is 39.6 Å². The Kier molecular flexibility index (Phi) is 8.62. The largest absolute Gasteiger partial charge is 0.489 e. The minimum absolute atomic E-state index is 0.134. The zero-order chi connectivity index (χ0) is 26.4. The molecule has 37 heavy (non-hydrogen) atoms. The maximum absolute atomic E-state index is 11.8. The number of nitrogens with one attached hydrogen (secondary N) is 1. The van der Waals surface area contributed by atoms with Crippen molar-refractivity contribution in [2.75, 3.05) is 7.11 Å². The lowest BCUT2D eigenvalue weighted by atomic mass is 9.96. The number of ether oxygens (including phenoxy) is 2. The van der Waals surface area contributed by atoms with Gasteiger partial charge in [0.05, 0.1) is 19.8 Å². The number of esters is 1. The van der Waals surface area contributed by atoms with E-state index in [0.29, 0.717) is 12.4 Å². The molecule has 1 N–H and O–H groups in total. The minimum Gasteiger partial charge on any atom is -0.489 e. The molecule has 0 radical (unpaired) electrons. The van der Waals surface area contributed by atoms with Crippen LogP contribution in [0.5, 0.6) is 5.75 Å². The third-order valence-electron chi connectivity index (χ3n) is 6.06. The van der Waals surface area contributed by atoms with E-state index < -0.39 is 0 Å². The van der Waals surface area contributed by atoms with Gasteiger partial charge in [0, 0.05) is 27.3 Å². The SMILES string of the molecule is CCC(NSC(C)(C)C)c1cccc(-c2cc(COc3ccccc3CC(=O)OC)cc3ccoc23)c1. The number of carbonyl (C=O) groups is 1. The zero-order valence-electron chi connectivity index (χ0n) is 22.2. The Hall–Kier alpha value is -3.22. The van der Waals surface area contributed by atoms with Crippen LogP contribution in [0.15, 0.2) is 77.4 Å². The Labute approximate surface area is 223 Å². The standard InChI is InChI=1S/C31H35NO4S/c1-6-27(32-37-31(2,3)4)23-12-9-11-22(18-23)26-17-21(16-25-14-15-35-30(25)26)20-36-28-13-8-7-10-24(28)19-29(33)34-5/h7-18,27,32H,6,19-20H2,1-5H3. The first-order valence-electron chi connectivity index (χ1n) is 12.6. The quantitative estimate of drug-likeness (QED) is 0.171. The average Bonchev–Trinajstić information content (AvgIpc) is 3.36. The van der Waals surface area contributed by atoms with Gasteiger partial charge in [-0.1, -0.05) is 55.3 Å². The maximum Gasteiger partial charge on any atom is 0.310 e. The van der Waals surface area contributed by atoms with Gasteiger partial charge in [-0.3, -0.25) is 9.52 Å². The molecule has 1 aromatic heterocycles. The van der Waals surface area contributed by atoms with Crippen molar-refractivity contribution >= 4 is 28.9 Å². The van der Waals surface area contributed by atoms with E-state index >= 15 is 0 Å². The van der Waals surface area contributed by atoms with Crippen molar-refractivity contribution in [3.05, 3.63) is 89.7 Å². The van der Waals surface area contributed by atoms with Crippen molar-refractivity contribution in [1.29, 1.82) is 0 Å². The number of hydrogen-bond acceptors (Lipinski definition) is 6. The Bertz CT molecular complexity index is 1350. The van der Waals surface area contributed by atoms with Gasteiger partial charge in [0.25, 0.3) is 0 Å². The smallest absolute Gasteiger partial charge is 0.310 e. The van der Waals surface area contributed by atoms with Gasteiger partial charge in [-0.2, -0.15) is 0 Å². The molecular formula is C31H35NO4S. The molecule has 0 saturated carbocycles. The fraction of sp³-hybridized carbons (Fsp3) is 0.323. The van der Waals surface area contributed by atoms with Crippen molar-refractivity contribution in [2.45, 2.75) is 57.9 Å². The predicted octanol–water partition coefficient (Wildman–Crippen LogP) is 7.88. The van der Waals surface area contributed by atoms with Crippen molar-refractivity contribution < 1.29 is 18.7 Å². The van der Waals surface area contributed by atoms with E-state index in [9.17, 15) is 4.79 Å². The second-order valence-corrected chi connectivity index (χ2v) is 11.7. The molecule has 0 aliphatic rings. The molecule has 0 aliphatic carbocycles. The number of carbonyl (C=O) groups excluding carboxylic acids is 1. The zero-order valence-corrected chi connectivity index (χ0v) is 23.0. The van der Waals surface area contributed by atoms with E-state index in [1.165, 1.54) is 12.7 Å². The second-order valence-electron chi connectivity index (χ2n) is 10.1. The van der Waals surface area contributed by atoms with E-state index in [2.05, 4.69) is 68.8 Å². The third-order valence-corrected chi connectivity index (χ3v) is 7.07. The van der Waals surface area contributed by atoms with Crippen LogP contribution in [0.1, 0.15) is 56.8 Å². The van der Waals surface area contributed by atoms with Crippen LogP contribution in [0.2, 0.25) is 0 Å². The number of fused-ring (bicyclic) bond motifs is 1. The fourth-order valence-electron chi connectivity index (χ4n) is 4.18. The molecule has 4 rings (SSSR count). The van der Waals surface area contributed by atoms with Crippen LogP contribution < -0.4 is 9.46 Å². The number of hydrogen-bond donors (Lipinski definition) is 1. The molecule has 0 aliphatic heterocycles. The Morgan fingerprint density at radius 3 is 2.62 bits per heavy atom. The highest BCUT2D eigenvalue weighted by Crippen LogP contribution is 2.34. The number of methoxy groups -OCH3 is 1. The first-order chi connectivity index (χ1) is 17.8. The highest BCUT2D eigenvalue weighted by Gasteiger charge is 2.17. The Morgan fingerprint density at radius 1 is 1.05 bits per heavy atom. The van der Waals surface area contributed by atoms with Gasteiger partial charge in [0.2, 0.25) is 0 Å². The summed E-state index contributed by atoms with van der Waals surface area (Å²) < 4.78 is 20.7. The summed E-state index contributed by atoms with van der Waals surface area (Å²) in [4.78, 5) is 11.8. The molecule has 0 bridgehead atoms. The number of benzene rings is 3. The number of para-hydroxylation sites is 1. The van der Waals surface area contributed by atoms with Gasteiger partial charge in [0.15, 0.2) is 0 Å². The van der Waals surface area contributed by atoms with E-state index in [4.69, 9.17) is 13.9 Å². The summed E-state index contributed by atoms with van der Waals surface area (Å²) in [7, 11) is 1.39. The molecule has 194 valence electrons. The van der Waals surface area contributed by atoms with Crippen LogP contribution in [-0.2, 0) is 22.6 Å². The first kappa shape index (κ1) is 26.8. The maximum atomic E-state index is 11.8. The van der Waals surface area contributed by atoms with E-state index in [1.54, 1.807) is 18.2 Å². The van der Waals surface area contributed by atoms with Gasteiger partial charge in [-0.15, -0.1) is 0 Å². The van der Waals surface area contributed by atoms with Crippen LogP contribution in [0.3, 0.4) is 0 Å². The molecule has 0 saturated heterocycles. The normalized spacial score (nSPS) is 12.5. The van der Waals surface area contributed by atoms with Gasteiger partial charge < -0.3 is 13.9 Å². The monoisotopic (exact) mass is 517 g/mol. The Balaban J connectivity index is 1.61. The molecule has 4 aromatic rings. The van der Waals surface area contributed by atoms with Gasteiger partial charge in [-0.05, 0) is 74.2 Å². The van der Waals surface area contributed by atoms with Crippen LogP contribution in [0.25, 0.3) is 22.1 Å². The highest BCUT2D eigenvalue weighted by atomic mass is 32.2. The molecular weight excluding hydrogens is 482 g/mol. The molecule has 0 fully saturated rings. The lowest BCUT2D eigenvalue weighted by Gasteiger charge is -2.24. The lowest BCUT2D eigenvalue weighted by molar-refractivity contribution is -0.139. The summed E-state index contributed by atoms with van der Waals surface area (Å²) in [5, 5.41) is 1.03. The van der Waals surface area contributed by atoms with Gasteiger partial charge >= 0.3 is 5.97 Å². The lowest BCUT2D eigenvalue weighted by Crippen LogP contribution is -2.21. The fourth-order valence-corrected chi connectivity index (χ4v) is 4.98. The molecule has 3 aromatic carbocycles. The molecule has 1 atom stereocenters. The summed E-state index contributed by atoms with van der Waals surface area (Å²) in [5.74, 6) is 0.385. The van der Waals surface area contributed by atoms with Crippen LogP contribution in [0, 0.1) is 0 Å². The minimum atomic E-state index is -0.293. The molecule has 0 amide bonds. The molecule has 1 unspecified atom stereocenters. The van der Waals surface area contributed by atoms with E-state index in [-0.39, 0.29) is 23.2 Å². The van der Waals surface area contributed by atoms with Crippen LogP contribution in [0.4, 0.5) is 0 Å². The highest BCUT2D eigenvalue weighted by molar-refractivity contribution is 7.98. The molecule has 1 heterocycles. The van der Waals surface area contributed by atoms with Crippen molar-refractivity contribution in [3.8, 4) is 16.9 Å². The summed E-state index contributed by atoms with van der Waals surface area (Å²) >= 11 is 1.77. The van der Waals surface area contributed by atoms with Crippen molar-refractivity contribution in [1.82, 2.24) is 4.72 Å². The van der Waals surface area contributed by atoms with Crippen molar-refractivity contribution in [3.63, 3.8) is 0 Å². The topological polar surface area (TPSA) is 60.7 Å². The summed E-state index contributed by atoms with van der Waals surface area (Å²) in [6.07, 6.45) is 2.89. The van der Waals surface area contributed by atoms with E-state index in [1.807, 2.05) is 30.3 Å². The van der Waals surface area contributed by atoms with Gasteiger partial charge in [-0.25, -0.2) is 0 Å². The third kappa shape index (κ3) is 6.96. The average molecular weight is 518 g/mol. The summed E-state index contributed by atoms with van der Waals surface area (Å²) in [6, 6.07) is 22.7. The Morgan fingerprint density at radius 2 is 1.86 bits per heavy atom. The second kappa shape index (κ2) is 11.9. The number of rotatable bonds is 10. The molecule has 6 heteroatoms. The van der Waals surface area contributed by atoms with Gasteiger partial charge in [0.1, 0.15) is 17.9 Å². The molecule has 5 nitrogen and oxygen atoms in total. The number of furan rings is 1. The summed E-state index contributed by atoms with van der Waals surface area (Å²) in [6.45, 7) is 9.20. The first-order valence-corrected chi connectivity index (χ1v) is 13.4.